The molecular formula is C12H17N5. The predicted octanol–water partition coefficient (Wildman–Crippen LogP) is 2.24. The van der Waals surface area contributed by atoms with E-state index in [2.05, 4.69) is 39.3 Å². The number of aryl methyl sites for hydroxylation is 1. The third-order valence-corrected chi connectivity index (χ3v) is 2.47. The van der Waals surface area contributed by atoms with Gasteiger partial charge < -0.3 is 5.32 Å². The third kappa shape index (κ3) is 3.03. The van der Waals surface area contributed by atoms with Crippen LogP contribution >= 0.6 is 0 Å². The first kappa shape index (κ1) is 11.6. The van der Waals surface area contributed by atoms with Crippen LogP contribution < -0.4 is 5.32 Å². The summed E-state index contributed by atoms with van der Waals surface area (Å²) in [5, 5.41) is 9.87. The van der Waals surface area contributed by atoms with E-state index in [0.29, 0.717) is 18.4 Å². The van der Waals surface area contributed by atoms with Gasteiger partial charge in [-0.1, -0.05) is 13.8 Å². The fraction of sp³-hybridized carbons (Fsp3) is 0.417. The maximum atomic E-state index is 4.48. The quantitative estimate of drug-likeness (QED) is 0.847. The summed E-state index contributed by atoms with van der Waals surface area (Å²) in [7, 11) is 0. The molecular weight excluding hydrogens is 214 g/mol. The zero-order chi connectivity index (χ0) is 12.3. The highest BCUT2D eigenvalue weighted by Crippen LogP contribution is 2.14. The van der Waals surface area contributed by atoms with Gasteiger partial charge in [0.1, 0.15) is 0 Å². The lowest BCUT2D eigenvalue weighted by atomic mass is 10.1. The van der Waals surface area contributed by atoms with Gasteiger partial charge in [-0.05, 0) is 18.9 Å². The molecule has 2 heterocycles. The first-order valence-electron chi connectivity index (χ1n) is 5.72. The number of anilines is 1. The molecule has 0 fully saturated rings. The fourth-order valence-corrected chi connectivity index (χ4v) is 1.52. The van der Waals surface area contributed by atoms with Crippen molar-refractivity contribution in [3.05, 3.63) is 35.4 Å². The summed E-state index contributed by atoms with van der Waals surface area (Å²) in [6.07, 6.45) is 3.64. The Morgan fingerprint density at radius 3 is 2.82 bits per heavy atom. The Morgan fingerprint density at radius 1 is 1.35 bits per heavy atom. The van der Waals surface area contributed by atoms with E-state index in [1.807, 2.05) is 19.2 Å². The van der Waals surface area contributed by atoms with Gasteiger partial charge in [0.05, 0.1) is 6.20 Å². The SMILES string of the molecule is Cc1cc(C(C)C)nc(NCc2cn[nH]c2)n1. The van der Waals surface area contributed by atoms with Crippen LogP contribution in [0.2, 0.25) is 0 Å². The molecule has 0 spiro atoms. The highest BCUT2D eigenvalue weighted by atomic mass is 15.1. The summed E-state index contributed by atoms with van der Waals surface area (Å²) in [6.45, 7) is 6.91. The second kappa shape index (κ2) is 4.95. The summed E-state index contributed by atoms with van der Waals surface area (Å²) >= 11 is 0. The first-order chi connectivity index (χ1) is 8.15. The maximum absolute atomic E-state index is 4.48. The van der Waals surface area contributed by atoms with E-state index in [9.17, 15) is 0 Å². The van der Waals surface area contributed by atoms with Crippen LogP contribution in [-0.4, -0.2) is 20.2 Å². The maximum Gasteiger partial charge on any atom is 0.223 e. The second-order valence-electron chi connectivity index (χ2n) is 4.37. The summed E-state index contributed by atoms with van der Waals surface area (Å²) in [5.74, 6) is 1.08. The Bertz CT molecular complexity index is 476. The van der Waals surface area contributed by atoms with E-state index in [4.69, 9.17) is 0 Å². The average molecular weight is 231 g/mol. The lowest BCUT2D eigenvalue weighted by molar-refractivity contribution is 0.808. The Labute approximate surface area is 101 Å². The number of nitrogens with one attached hydrogen (secondary N) is 2. The van der Waals surface area contributed by atoms with Crippen LogP contribution in [0.5, 0.6) is 0 Å². The molecule has 0 unspecified atom stereocenters. The standard InChI is InChI=1S/C12H17N5/c1-8(2)11-4-9(3)16-12(17-11)13-5-10-6-14-15-7-10/h4,6-8H,5H2,1-3H3,(H,14,15)(H,13,16,17). The molecule has 17 heavy (non-hydrogen) atoms. The molecule has 0 saturated heterocycles. The molecule has 0 saturated carbocycles. The Kier molecular flexibility index (Phi) is 3.37. The molecule has 2 N–H and O–H groups in total. The lowest BCUT2D eigenvalue weighted by Crippen LogP contribution is -2.06. The number of rotatable bonds is 4. The number of hydrogen-bond acceptors (Lipinski definition) is 4. The van der Waals surface area contributed by atoms with Gasteiger partial charge in [-0.25, -0.2) is 9.97 Å². The minimum atomic E-state index is 0.408. The highest BCUT2D eigenvalue weighted by molar-refractivity contribution is 5.30. The van der Waals surface area contributed by atoms with Gasteiger partial charge in [-0.15, -0.1) is 0 Å². The smallest absolute Gasteiger partial charge is 0.223 e. The van der Waals surface area contributed by atoms with Crippen LogP contribution in [0.1, 0.15) is 36.7 Å². The van der Waals surface area contributed by atoms with Crippen LogP contribution in [0.3, 0.4) is 0 Å². The number of aromatic amines is 1. The fourth-order valence-electron chi connectivity index (χ4n) is 1.52. The van der Waals surface area contributed by atoms with Crippen molar-refractivity contribution in [2.45, 2.75) is 33.2 Å². The van der Waals surface area contributed by atoms with Crippen molar-refractivity contribution in [3.63, 3.8) is 0 Å². The normalized spacial score (nSPS) is 10.8. The number of hydrogen-bond donors (Lipinski definition) is 2. The summed E-state index contributed by atoms with van der Waals surface area (Å²) in [6, 6.07) is 2.02. The van der Waals surface area contributed by atoms with Gasteiger partial charge in [0.25, 0.3) is 0 Å². The summed E-state index contributed by atoms with van der Waals surface area (Å²) in [4.78, 5) is 8.84. The Balaban J connectivity index is 2.10. The van der Waals surface area contributed by atoms with E-state index in [-0.39, 0.29) is 0 Å². The Morgan fingerprint density at radius 2 is 2.18 bits per heavy atom. The molecule has 2 aromatic heterocycles. The van der Waals surface area contributed by atoms with Crippen LogP contribution in [0.25, 0.3) is 0 Å². The van der Waals surface area contributed by atoms with Gasteiger partial charge in [0, 0.05) is 29.7 Å². The molecule has 90 valence electrons. The molecule has 0 aliphatic rings. The van der Waals surface area contributed by atoms with Crippen LogP contribution in [0, 0.1) is 6.92 Å². The summed E-state index contributed by atoms with van der Waals surface area (Å²) in [5.41, 5.74) is 3.13. The van der Waals surface area contributed by atoms with Crippen molar-refractivity contribution in [3.8, 4) is 0 Å². The van der Waals surface area contributed by atoms with E-state index in [1.165, 1.54) is 0 Å². The average Bonchev–Trinajstić information content (AvgIpc) is 2.78. The summed E-state index contributed by atoms with van der Waals surface area (Å²) < 4.78 is 0. The number of H-pyrrole nitrogens is 1. The van der Waals surface area contributed by atoms with Crippen LogP contribution in [0.4, 0.5) is 5.95 Å². The van der Waals surface area contributed by atoms with E-state index in [1.54, 1.807) is 6.20 Å². The minimum Gasteiger partial charge on any atom is -0.350 e. The van der Waals surface area contributed by atoms with Crippen LogP contribution in [-0.2, 0) is 6.54 Å². The predicted molar refractivity (Wildman–Crippen MR) is 66.8 cm³/mol. The second-order valence-corrected chi connectivity index (χ2v) is 4.37. The largest absolute Gasteiger partial charge is 0.350 e. The van der Waals surface area contributed by atoms with Crippen molar-refractivity contribution in [2.75, 3.05) is 5.32 Å². The van der Waals surface area contributed by atoms with Gasteiger partial charge in [0.15, 0.2) is 0 Å². The zero-order valence-corrected chi connectivity index (χ0v) is 10.4. The number of aromatic nitrogens is 4. The van der Waals surface area contributed by atoms with E-state index < -0.39 is 0 Å². The molecule has 2 aromatic rings. The molecule has 0 bridgehead atoms. The highest BCUT2D eigenvalue weighted by Gasteiger charge is 2.05. The molecule has 0 radical (unpaired) electrons. The van der Waals surface area contributed by atoms with E-state index >= 15 is 0 Å². The zero-order valence-electron chi connectivity index (χ0n) is 10.4. The van der Waals surface area contributed by atoms with Crippen molar-refractivity contribution in [1.29, 1.82) is 0 Å². The van der Waals surface area contributed by atoms with Crippen molar-refractivity contribution in [2.24, 2.45) is 0 Å². The van der Waals surface area contributed by atoms with Crippen LogP contribution in [0.15, 0.2) is 18.5 Å². The minimum absolute atomic E-state index is 0.408. The van der Waals surface area contributed by atoms with Gasteiger partial charge in [-0.2, -0.15) is 5.10 Å². The molecule has 5 nitrogen and oxygen atoms in total. The van der Waals surface area contributed by atoms with Gasteiger partial charge in [0.2, 0.25) is 5.95 Å². The molecule has 0 aliphatic carbocycles. The molecule has 0 aliphatic heterocycles. The molecule has 0 aromatic carbocycles. The first-order valence-corrected chi connectivity index (χ1v) is 5.72. The lowest BCUT2D eigenvalue weighted by Gasteiger charge is -2.09. The molecule has 5 heteroatoms. The van der Waals surface area contributed by atoms with Crippen molar-refractivity contribution < 1.29 is 0 Å². The van der Waals surface area contributed by atoms with E-state index in [0.717, 1.165) is 17.0 Å². The third-order valence-electron chi connectivity index (χ3n) is 2.47. The molecule has 0 amide bonds. The topological polar surface area (TPSA) is 66.5 Å². The molecule has 0 atom stereocenters. The Hall–Kier alpha value is -1.91. The van der Waals surface area contributed by atoms with Crippen molar-refractivity contribution in [1.82, 2.24) is 20.2 Å². The van der Waals surface area contributed by atoms with Gasteiger partial charge in [-0.3, -0.25) is 5.10 Å². The monoisotopic (exact) mass is 231 g/mol. The molecule has 2 rings (SSSR count). The number of nitrogens with zero attached hydrogens (tertiary/aromatic N) is 3. The van der Waals surface area contributed by atoms with Gasteiger partial charge >= 0.3 is 0 Å². The van der Waals surface area contributed by atoms with Crippen molar-refractivity contribution >= 4 is 5.95 Å².